The van der Waals surface area contributed by atoms with E-state index in [-0.39, 0.29) is 24.1 Å². The number of methoxy groups -OCH3 is 2. The van der Waals surface area contributed by atoms with Crippen molar-refractivity contribution < 1.29 is 37.6 Å². The third kappa shape index (κ3) is 11.7. The van der Waals surface area contributed by atoms with Gasteiger partial charge in [-0.1, -0.05) is 57.8 Å². The highest BCUT2D eigenvalue weighted by Gasteiger charge is 2.19. The van der Waals surface area contributed by atoms with Crippen molar-refractivity contribution in [2.24, 2.45) is 0 Å². The van der Waals surface area contributed by atoms with E-state index in [2.05, 4.69) is 40.0 Å². The van der Waals surface area contributed by atoms with Crippen molar-refractivity contribution in [2.45, 2.75) is 91.5 Å². The van der Waals surface area contributed by atoms with Crippen LogP contribution in [0.2, 0.25) is 10.0 Å². The van der Waals surface area contributed by atoms with Gasteiger partial charge in [0.25, 0.3) is 11.8 Å². The Morgan fingerprint density at radius 1 is 0.667 bits per heavy atom. The lowest BCUT2D eigenvalue weighted by Crippen LogP contribution is -2.05. The summed E-state index contributed by atoms with van der Waals surface area (Å²) in [4.78, 5) is 31.7. The van der Waals surface area contributed by atoms with Crippen LogP contribution < -0.4 is 9.47 Å². The van der Waals surface area contributed by atoms with Crippen molar-refractivity contribution >= 4 is 56.9 Å². The van der Waals surface area contributed by atoms with E-state index < -0.39 is 0 Å². The van der Waals surface area contributed by atoms with Crippen LogP contribution >= 0.6 is 23.2 Å². The third-order valence-corrected chi connectivity index (χ3v) is 10.8. The van der Waals surface area contributed by atoms with Crippen LogP contribution in [0.25, 0.3) is 67.5 Å². The minimum Gasteiger partial charge on any atom is -0.489 e. The molecule has 0 amide bonds. The summed E-state index contributed by atoms with van der Waals surface area (Å²) < 4.78 is 35.6. The van der Waals surface area contributed by atoms with E-state index >= 15 is 0 Å². The van der Waals surface area contributed by atoms with Crippen LogP contribution in [-0.4, -0.2) is 78.2 Å². The molecule has 16 nitrogen and oxygen atoms in total. The molecular weight excluding hydrogens is 887 g/mol. The van der Waals surface area contributed by atoms with Crippen LogP contribution in [0, 0.1) is 0 Å². The van der Waals surface area contributed by atoms with Crippen molar-refractivity contribution in [2.75, 3.05) is 14.2 Å². The first-order valence-electron chi connectivity index (χ1n) is 21.6. The summed E-state index contributed by atoms with van der Waals surface area (Å²) in [6, 6.07) is 22.5. The normalized spacial score (nSPS) is 11.3. The van der Waals surface area contributed by atoms with Gasteiger partial charge in [0.15, 0.2) is 0 Å². The second-order valence-corrected chi connectivity index (χ2v) is 16.6. The van der Waals surface area contributed by atoms with Crippen molar-refractivity contribution in [3.63, 3.8) is 0 Å². The first-order chi connectivity index (χ1) is 31.9. The minimum absolute atomic E-state index is 0.0256. The first kappa shape index (κ1) is 47.2. The van der Waals surface area contributed by atoms with Gasteiger partial charge in [-0.15, -0.1) is 0 Å². The first-order valence-corrected chi connectivity index (χ1v) is 22.3. The van der Waals surface area contributed by atoms with Crippen molar-refractivity contribution in [1.29, 1.82) is 0 Å². The minimum atomic E-state index is -0.195. The highest BCUT2D eigenvalue weighted by molar-refractivity contribution is 6.32. The molecule has 0 N–H and O–H groups in total. The van der Waals surface area contributed by atoms with Gasteiger partial charge in [-0.05, 0) is 102 Å². The molecule has 8 rings (SSSR count). The molecule has 66 heavy (non-hydrogen) atoms. The molecule has 0 spiro atoms. The van der Waals surface area contributed by atoms with Crippen LogP contribution in [0.4, 0.5) is 0 Å². The molecule has 0 aliphatic heterocycles. The summed E-state index contributed by atoms with van der Waals surface area (Å²) in [5, 5.41) is 20.3. The Bertz CT molecular complexity index is 2810. The number of esters is 2. The second-order valence-electron chi connectivity index (χ2n) is 15.8. The molecular formula is C48H50Cl2N8O8. The highest BCUT2D eigenvalue weighted by Crippen LogP contribution is 2.35. The molecule has 4 heterocycles. The summed E-state index contributed by atoms with van der Waals surface area (Å²) in [5.41, 5.74) is 4.88. The number of hydrogen-bond acceptors (Lipinski definition) is 14. The van der Waals surface area contributed by atoms with E-state index in [0.717, 1.165) is 58.6 Å². The lowest BCUT2D eigenvalue weighted by Gasteiger charge is -2.11. The molecule has 4 aromatic heterocycles. The molecule has 0 unspecified atom stereocenters. The number of unbranched alkanes of at least 4 members (excludes halogenated alkanes) is 2. The summed E-state index contributed by atoms with van der Waals surface area (Å²) in [6.45, 7) is 9.18. The van der Waals surface area contributed by atoms with Gasteiger partial charge in [-0.2, -0.15) is 20.2 Å². The average molecular weight is 938 g/mol. The zero-order valence-corrected chi connectivity index (χ0v) is 39.0. The quantitative estimate of drug-likeness (QED) is 0.0584. The molecule has 0 radical (unpaired) electrons. The second kappa shape index (κ2) is 21.9. The molecule has 0 aliphatic carbocycles. The fourth-order valence-corrected chi connectivity index (χ4v) is 7.47. The molecule has 18 heteroatoms. The van der Waals surface area contributed by atoms with Crippen molar-refractivity contribution in [3.8, 4) is 57.2 Å². The SMILES string of the molecule is COC(=O)CCCCn1cc2c(-c3noc(-c4ccc(OC(C)C)c(Cl)c4)n3)cccc2n1.COC(=O)CCCCn1ncc2c(-c3noc(-c4ccc(OC(C)C)c(Cl)c4)n3)cccc21. The molecule has 0 saturated carbocycles. The number of benzene rings is 4. The van der Waals surface area contributed by atoms with E-state index in [0.29, 0.717) is 82.0 Å². The van der Waals surface area contributed by atoms with Crippen LogP contribution in [0.5, 0.6) is 11.5 Å². The zero-order chi connectivity index (χ0) is 46.7. The lowest BCUT2D eigenvalue weighted by atomic mass is 10.1. The van der Waals surface area contributed by atoms with E-state index in [4.69, 9.17) is 41.7 Å². The molecule has 344 valence electrons. The van der Waals surface area contributed by atoms with Crippen LogP contribution in [0.3, 0.4) is 0 Å². The van der Waals surface area contributed by atoms with E-state index in [1.165, 1.54) is 14.2 Å². The van der Waals surface area contributed by atoms with E-state index in [9.17, 15) is 9.59 Å². The standard InChI is InChI=1S/2C24H25ClN4O4/c1-15(2)32-21-11-10-16(13-19(21)25)24-26-23(28-33-24)17-7-6-8-20-18(17)14-29(27-20)12-5-4-9-22(30)31-3;1-15(2)32-21-11-10-16(13-19(21)25)24-27-23(28-33-24)17-7-6-8-20-18(17)14-26-29(20)12-5-4-9-22(30)31-3/h2*6-8,10-11,13-15H,4-5,9,12H2,1-3H3. The maximum absolute atomic E-state index is 11.3. The van der Waals surface area contributed by atoms with Gasteiger partial charge in [0, 0.05) is 65.2 Å². The Morgan fingerprint density at radius 3 is 1.73 bits per heavy atom. The van der Waals surface area contributed by atoms with Gasteiger partial charge in [-0.25, -0.2) is 0 Å². The number of aryl methyl sites for hydroxylation is 2. The Morgan fingerprint density at radius 2 is 1.20 bits per heavy atom. The smallest absolute Gasteiger partial charge is 0.305 e. The summed E-state index contributed by atoms with van der Waals surface area (Å²) in [6.07, 6.45) is 7.75. The number of hydrogen-bond donors (Lipinski definition) is 0. The fourth-order valence-electron chi connectivity index (χ4n) is 7.02. The number of fused-ring (bicyclic) bond motifs is 2. The van der Waals surface area contributed by atoms with E-state index in [1.807, 2.05) is 91.8 Å². The number of nitrogens with zero attached hydrogens (tertiary/aromatic N) is 8. The molecule has 0 aliphatic rings. The van der Waals surface area contributed by atoms with Gasteiger partial charge in [0.05, 0.1) is 53.7 Å². The molecule has 0 atom stereocenters. The maximum Gasteiger partial charge on any atom is 0.305 e. The fraction of sp³-hybridized carbons (Fsp3) is 0.333. The average Bonchev–Trinajstić information content (AvgIpc) is 4.15. The molecule has 8 aromatic rings. The van der Waals surface area contributed by atoms with Gasteiger partial charge >= 0.3 is 11.9 Å². The monoisotopic (exact) mass is 936 g/mol. The Balaban J connectivity index is 0.000000196. The number of carbonyl (C=O) groups excluding carboxylic acids is 2. The number of carbonyl (C=O) groups is 2. The number of halogens is 2. The molecule has 0 fully saturated rings. The predicted molar refractivity (Wildman–Crippen MR) is 250 cm³/mol. The van der Waals surface area contributed by atoms with Crippen molar-refractivity contribution in [3.05, 3.63) is 95.2 Å². The summed E-state index contributed by atoms with van der Waals surface area (Å²) in [7, 11) is 2.80. The topological polar surface area (TPSA) is 185 Å². The predicted octanol–water partition coefficient (Wildman–Crippen LogP) is 11.1. The Hall–Kier alpha value is -6.78. The number of aromatic nitrogens is 8. The largest absolute Gasteiger partial charge is 0.489 e. The zero-order valence-electron chi connectivity index (χ0n) is 37.5. The summed E-state index contributed by atoms with van der Waals surface area (Å²) in [5.74, 6) is 2.51. The maximum atomic E-state index is 11.3. The lowest BCUT2D eigenvalue weighted by molar-refractivity contribution is -0.141. The van der Waals surface area contributed by atoms with Crippen LogP contribution in [-0.2, 0) is 32.2 Å². The molecule has 0 saturated heterocycles. The van der Waals surface area contributed by atoms with Crippen LogP contribution in [0.1, 0.15) is 66.2 Å². The molecule has 4 aromatic carbocycles. The number of rotatable bonds is 18. The van der Waals surface area contributed by atoms with E-state index in [1.54, 1.807) is 30.5 Å². The van der Waals surface area contributed by atoms with Gasteiger partial charge in [-0.3, -0.25) is 19.0 Å². The van der Waals surface area contributed by atoms with Gasteiger partial charge in [0.1, 0.15) is 11.5 Å². The van der Waals surface area contributed by atoms with Crippen LogP contribution in [0.15, 0.2) is 94.2 Å². The molecule has 0 bridgehead atoms. The highest BCUT2D eigenvalue weighted by atomic mass is 35.5. The Labute approximate surface area is 391 Å². The van der Waals surface area contributed by atoms with Crippen molar-refractivity contribution in [1.82, 2.24) is 39.8 Å². The van der Waals surface area contributed by atoms with Gasteiger partial charge in [0.2, 0.25) is 11.6 Å². The Kier molecular flexibility index (Phi) is 15.7. The third-order valence-electron chi connectivity index (χ3n) is 10.2. The summed E-state index contributed by atoms with van der Waals surface area (Å²) >= 11 is 12.7. The van der Waals surface area contributed by atoms with Gasteiger partial charge < -0.3 is 28.0 Å². The number of ether oxygens (including phenoxy) is 4.